The van der Waals surface area contributed by atoms with Crippen molar-refractivity contribution in [3.63, 3.8) is 0 Å². The van der Waals surface area contributed by atoms with Crippen LogP contribution in [0.25, 0.3) is 0 Å². The zero-order valence-electron chi connectivity index (χ0n) is 13.3. The zero-order chi connectivity index (χ0) is 15.8. The van der Waals surface area contributed by atoms with E-state index in [0.717, 1.165) is 26.1 Å². The molecule has 7 nitrogen and oxygen atoms in total. The minimum absolute atomic E-state index is 0. The monoisotopic (exact) mass is 375 g/mol. The molecule has 24 heavy (non-hydrogen) atoms. The van der Waals surface area contributed by atoms with Gasteiger partial charge in [0, 0.05) is 26.2 Å². The van der Waals surface area contributed by atoms with Gasteiger partial charge in [0.15, 0.2) is 0 Å². The van der Waals surface area contributed by atoms with Gasteiger partial charge in [-0.25, -0.2) is 0 Å². The minimum Gasteiger partial charge on any atom is -0.329 e. The second-order valence-corrected chi connectivity index (χ2v) is 5.08. The molecule has 0 aliphatic heterocycles. The number of nitrogens with two attached hydrogens (primary N) is 1. The van der Waals surface area contributed by atoms with Gasteiger partial charge in [0.2, 0.25) is 0 Å². The van der Waals surface area contributed by atoms with Gasteiger partial charge < -0.3 is 5.73 Å². The van der Waals surface area contributed by atoms with Crippen LogP contribution in [-0.2, 0) is 13.0 Å². The largest absolute Gasteiger partial charge is 0.329 e. The Balaban J connectivity index is 0.00000264. The van der Waals surface area contributed by atoms with E-state index in [1.54, 1.807) is 4.68 Å². The van der Waals surface area contributed by atoms with Crippen molar-refractivity contribution in [3.8, 4) is 0 Å². The Bertz CT molecular complexity index is 595. The summed E-state index contributed by atoms with van der Waals surface area (Å²) in [7, 11) is 0. The predicted octanol–water partition coefficient (Wildman–Crippen LogP) is 2.14. The third-order valence-corrected chi connectivity index (χ3v) is 3.48. The van der Waals surface area contributed by atoms with Gasteiger partial charge in [0.05, 0.1) is 11.5 Å². The van der Waals surface area contributed by atoms with Crippen LogP contribution in [-0.4, -0.2) is 45.8 Å². The van der Waals surface area contributed by atoms with E-state index in [1.165, 1.54) is 18.0 Å². The first-order valence-corrected chi connectivity index (χ1v) is 7.32. The first-order chi connectivity index (χ1) is 10.7. The molecule has 0 saturated heterocycles. The third kappa shape index (κ3) is 7.27. The van der Waals surface area contributed by atoms with Gasteiger partial charge in [0.1, 0.15) is 12.4 Å². The molecule has 0 fully saturated rings. The average Bonchev–Trinajstić information content (AvgIpc) is 3.00. The molecule has 0 radical (unpaired) electrons. The summed E-state index contributed by atoms with van der Waals surface area (Å²) in [5, 5.41) is 14.6. The molecule has 134 valence electrons. The molecule has 0 aliphatic rings. The molecule has 2 rings (SSSR count). The van der Waals surface area contributed by atoms with Crippen molar-refractivity contribution in [1.29, 1.82) is 0 Å². The highest BCUT2D eigenvalue weighted by atomic mass is 35.5. The van der Waals surface area contributed by atoms with Crippen molar-refractivity contribution in [2.45, 2.75) is 13.0 Å². The molecule has 0 spiro atoms. The van der Waals surface area contributed by atoms with Crippen LogP contribution >= 0.6 is 24.8 Å². The SMILES string of the molecule is Cl.Cl.NCCN(CCc1ccccc1)CCn1cc([N+](=O)[O-])cn1. The van der Waals surface area contributed by atoms with Gasteiger partial charge in [-0.15, -0.1) is 24.8 Å². The maximum Gasteiger partial charge on any atom is 0.306 e. The number of hydrogen-bond donors (Lipinski definition) is 1. The Morgan fingerprint density at radius 3 is 2.46 bits per heavy atom. The summed E-state index contributed by atoms with van der Waals surface area (Å²) in [6.45, 7) is 3.68. The number of benzene rings is 1. The minimum atomic E-state index is -0.434. The lowest BCUT2D eigenvalue weighted by Gasteiger charge is -2.21. The average molecular weight is 376 g/mol. The van der Waals surface area contributed by atoms with E-state index in [0.29, 0.717) is 13.1 Å². The molecule has 0 amide bonds. The van der Waals surface area contributed by atoms with E-state index in [4.69, 9.17) is 5.73 Å². The zero-order valence-corrected chi connectivity index (χ0v) is 14.9. The normalized spacial score (nSPS) is 10.1. The van der Waals surface area contributed by atoms with E-state index in [9.17, 15) is 10.1 Å². The number of hydrogen-bond acceptors (Lipinski definition) is 5. The Labute approximate surface area is 153 Å². The predicted molar refractivity (Wildman–Crippen MR) is 99.0 cm³/mol. The molecule has 1 aromatic heterocycles. The topological polar surface area (TPSA) is 90.2 Å². The molecule has 0 bridgehead atoms. The van der Waals surface area contributed by atoms with Gasteiger partial charge >= 0.3 is 5.69 Å². The number of halogens is 2. The van der Waals surface area contributed by atoms with Crippen molar-refractivity contribution in [2.75, 3.05) is 26.2 Å². The van der Waals surface area contributed by atoms with Gasteiger partial charge in [-0.3, -0.25) is 19.7 Å². The van der Waals surface area contributed by atoms with E-state index in [-0.39, 0.29) is 30.5 Å². The Morgan fingerprint density at radius 2 is 1.88 bits per heavy atom. The van der Waals surface area contributed by atoms with E-state index < -0.39 is 4.92 Å². The van der Waals surface area contributed by atoms with Crippen molar-refractivity contribution < 1.29 is 4.92 Å². The fourth-order valence-corrected chi connectivity index (χ4v) is 2.26. The lowest BCUT2D eigenvalue weighted by Crippen LogP contribution is -2.34. The van der Waals surface area contributed by atoms with Gasteiger partial charge in [-0.05, 0) is 12.0 Å². The molecule has 1 aromatic carbocycles. The van der Waals surface area contributed by atoms with Crippen LogP contribution in [0.4, 0.5) is 5.69 Å². The molecule has 2 N–H and O–H groups in total. The molecule has 1 heterocycles. The highest BCUT2D eigenvalue weighted by Crippen LogP contribution is 2.08. The number of nitro groups is 1. The van der Waals surface area contributed by atoms with Crippen LogP contribution in [0.2, 0.25) is 0 Å². The van der Waals surface area contributed by atoms with Crippen molar-refractivity contribution in [3.05, 3.63) is 58.4 Å². The van der Waals surface area contributed by atoms with Crippen molar-refractivity contribution in [2.24, 2.45) is 5.73 Å². The summed E-state index contributed by atoms with van der Waals surface area (Å²) in [5.41, 5.74) is 6.97. The number of rotatable bonds is 9. The molecule has 0 aliphatic carbocycles. The summed E-state index contributed by atoms with van der Waals surface area (Å²) >= 11 is 0. The lowest BCUT2D eigenvalue weighted by molar-refractivity contribution is -0.385. The summed E-state index contributed by atoms with van der Waals surface area (Å²) in [5.74, 6) is 0. The van der Waals surface area contributed by atoms with E-state index >= 15 is 0 Å². The smallest absolute Gasteiger partial charge is 0.306 e. The van der Waals surface area contributed by atoms with Crippen LogP contribution < -0.4 is 5.73 Å². The second kappa shape index (κ2) is 11.8. The second-order valence-electron chi connectivity index (χ2n) is 5.08. The molecule has 0 unspecified atom stereocenters. The molecule has 0 atom stereocenters. The lowest BCUT2D eigenvalue weighted by atomic mass is 10.1. The number of nitrogens with zero attached hydrogens (tertiary/aromatic N) is 4. The molecular formula is C15H23Cl2N5O2. The quantitative estimate of drug-likeness (QED) is 0.535. The first kappa shape index (κ1) is 22.3. The van der Waals surface area contributed by atoms with Gasteiger partial charge in [-0.2, -0.15) is 5.10 Å². The standard InChI is InChI=1S/C15H21N5O2.2ClH/c16-7-9-18(8-6-14-4-2-1-3-5-14)10-11-19-13-15(12-17-19)20(21)22;;/h1-5,12-13H,6-11,16H2;2*1H. The third-order valence-electron chi connectivity index (χ3n) is 3.48. The van der Waals surface area contributed by atoms with Crippen LogP contribution in [0.15, 0.2) is 42.7 Å². The maximum atomic E-state index is 10.6. The van der Waals surface area contributed by atoms with Crippen molar-refractivity contribution in [1.82, 2.24) is 14.7 Å². The summed E-state index contributed by atoms with van der Waals surface area (Å²) < 4.78 is 1.60. The Kier molecular flexibility index (Phi) is 11.0. The molecule has 0 saturated carbocycles. The Hall–Kier alpha value is -1.67. The van der Waals surface area contributed by atoms with Crippen LogP contribution in [0.3, 0.4) is 0 Å². The van der Waals surface area contributed by atoms with Crippen LogP contribution in [0, 0.1) is 10.1 Å². The molecular weight excluding hydrogens is 353 g/mol. The van der Waals surface area contributed by atoms with E-state index in [1.807, 2.05) is 18.2 Å². The Morgan fingerprint density at radius 1 is 1.17 bits per heavy atom. The molecule has 9 heteroatoms. The van der Waals surface area contributed by atoms with Crippen molar-refractivity contribution >= 4 is 30.5 Å². The van der Waals surface area contributed by atoms with Crippen LogP contribution in [0.1, 0.15) is 5.56 Å². The maximum absolute atomic E-state index is 10.6. The van der Waals surface area contributed by atoms with Gasteiger partial charge in [0.25, 0.3) is 0 Å². The highest BCUT2D eigenvalue weighted by Gasteiger charge is 2.10. The summed E-state index contributed by atoms with van der Waals surface area (Å²) in [6.07, 6.45) is 3.69. The first-order valence-electron chi connectivity index (χ1n) is 7.32. The van der Waals surface area contributed by atoms with Crippen LogP contribution in [0.5, 0.6) is 0 Å². The van der Waals surface area contributed by atoms with E-state index in [2.05, 4.69) is 22.1 Å². The van der Waals surface area contributed by atoms with Gasteiger partial charge in [-0.1, -0.05) is 30.3 Å². The summed E-state index contributed by atoms with van der Waals surface area (Å²) in [6, 6.07) is 10.3. The number of aromatic nitrogens is 2. The summed E-state index contributed by atoms with van der Waals surface area (Å²) in [4.78, 5) is 12.5. The highest BCUT2D eigenvalue weighted by molar-refractivity contribution is 5.85. The fourth-order valence-electron chi connectivity index (χ4n) is 2.26. The fraction of sp³-hybridized carbons (Fsp3) is 0.400. The molecule has 2 aromatic rings.